The minimum atomic E-state index is -0.379. The fraction of sp³-hybridized carbons (Fsp3) is 0.500. The Morgan fingerprint density at radius 2 is 2.43 bits per heavy atom. The van der Waals surface area contributed by atoms with E-state index in [1.165, 1.54) is 18.3 Å². The molecule has 1 aromatic rings. The van der Waals surface area contributed by atoms with Crippen LogP contribution in [0.4, 0.5) is 10.2 Å². The van der Waals surface area contributed by atoms with E-state index in [0.717, 1.165) is 12.8 Å². The van der Waals surface area contributed by atoms with Crippen molar-refractivity contribution in [1.29, 1.82) is 0 Å². The van der Waals surface area contributed by atoms with E-state index in [0.29, 0.717) is 12.5 Å². The van der Waals surface area contributed by atoms with Gasteiger partial charge in [-0.25, -0.2) is 9.37 Å². The van der Waals surface area contributed by atoms with Crippen LogP contribution in [0.5, 0.6) is 0 Å². The van der Waals surface area contributed by atoms with Gasteiger partial charge >= 0.3 is 0 Å². The second-order valence-corrected chi connectivity index (χ2v) is 3.62. The van der Waals surface area contributed by atoms with Gasteiger partial charge in [0.05, 0.1) is 6.10 Å². The van der Waals surface area contributed by atoms with Crippen LogP contribution in [0.2, 0.25) is 0 Å². The maximum atomic E-state index is 13.1. The molecule has 0 aliphatic heterocycles. The van der Waals surface area contributed by atoms with E-state index in [1.54, 1.807) is 0 Å². The lowest BCUT2D eigenvalue weighted by atomic mass is 10.2. The zero-order chi connectivity index (χ0) is 9.97. The maximum absolute atomic E-state index is 13.1. The number of aliphatic hydroxyl groups is 1. The van der Waals surface area contributed by atoms with Crippen molar-refractivity contribution < 1.29 is 9.50 Å². The molecule has 1 heterocycles. The number of hydrogen-bond acceptors (Lipinski definition) is 3. The highest BCUT2D eigenvalue weighted by Gasteiger charge is 2.29. The Morgan fingerprint density at radius 3 is 3.07 bits per heavy atom. The molecule has 4 heteroatoms. The normalized spacial score (nSPS) is 17.9. The van der Waals surface area contributed by atoms with Crippen LogP contribution in [0.15, 0.2) is 18.3 Å². The molecule has 1 unspecified atom stereocenters. The number of anilines is 1. The zero-order valence-electron chi connectivity index (χ0n) is 7.78. The predicted molar refractivity (Wildman–Crippen MR) is 51.4 cm³/mol. The van der Waals surface area contributed by atoms with Gasteiger partial charge in [-0.1, -0.05) is 0 Å². The van der Waals surface area contributed by atoms with E-state index in [-0.39, 0.29) is 17.7 Å². The minimum absolute atomic E-state index is 0.215. The number of nitrogens with zero attached hydrogens (tertiary/aromatic N) is 1. The summed E-state index contributed by atoms with van der Waals surface area (Å²) in [5, 5.41) is 12.3. The standard InChI is InChI=1S/C10H13FN2O/c11-8-2-1-5-12-10(8)13-6-9(14)7-3-4-7/h1-2,5,7,9,14H,3-4,6H2,(H,12,13). The van der Waals surface area contributed by atoms with Gasteiger partial charge in [0, 0.05) is 12.7 Å². The van der Waals surface area contributed by atoms with Gasteiger partial charge in [-0.3, -0.25) is 0 Å². The molecule has 0 bridgehead atoms. The molecule has 0 aromatic carbocycles. The summed E-state index contributed by atoms with van der Waals surface area (Å²) in [7, 11) is 0. The molecule has 2 rings (SSSR count). The number of aliphatic hydroxyl groups excluding tert-OH is 1. The highest BCUT2D eigenvalue weighted by Crippen LogP contribution is 2.32. The number of nitrogens with one attached hydrogen (secondary N) is 1. The molecule has 1 saturated carbocycles. The number of rotatable bonds is 4. The van der Waals surface area contributed by atoms with E-state index in [1.807, 2.05) is 0 Å². The molecule has 14 heavy (non-hydrogen) atoms. The van der Waals surface area contributed by atoms with Crippen molar-refractivity contribution in [3.8, 4) is 0 Å². The summed E-state index contributed by atoms with van der Waals surface area (Å²) in [5.41, 5.74) is 0. The van der Waals surface area contributed by atoms with Crippen molar-refractivity contribution in [2.24, 2.45) is 5.92 Å². The highest BCUT2D eigenvalue weighted by molar-refractivity contribution is 5.35. The van der Waals surface area contributed by atoms with E-state index < -0.39 is 0 Å². The fourth-order valence-electron chi connectivity index (χ4n) is 1.36. The first-order valence-corrected chi connectivity index (χ1v) is 4.80. The van der Waals surface area contributed by atoms with Gasteiger partial charge in [0.15, 0.2) is 11.6 Å². The van der Waals surface area contributed by atoms with Crippen molar-refractivity contribution in [2.75, 3.05) is 11.9 Å². The number of halogens is 1. The fourth-order valence-corrected chi connectivity index (χ4v) is 1.36. The van der Waals surface area contributed by atoms with E-state index in [4.69, 9.17) is 0 Å². The molecule has 2 N–H and O–H groups in total. The third-order valence-electron chi connectivity index (χ3n) is 2.40. The largest absolute Gasteiger partial charge is 0.391 e. The molecule has 1 aliphatic carbocycles. The van der Waals surface area contributed by atoms with Crippen LogP contribution in [-0.2, 0) is 0 Å². The van der Waals surface area contributed by atoms with Gasteiger partial charge in [-0.2, -0.15) is 0 Å². The van der Waals surface area contributed by atoms with Gasteiger partial charge in [0.1, 0.15) is 0 Å². The zero-order valence-corrected chi connectivity index (χ0v) is 7.78. The average molecular weight is 196 g/mol. The lowest BCUT2D eigenvalue weighted by Crippen LogP contribution is -2.22. The minimum Gasteiger partial charge on any atom is -0.391 e. The van der Waals surface area contributed by atoms with Gasteiger partial charge in [0.2, 0.25) is 0 Å². The molecule has 0 amide bonds. The molecule has 1 fully saturated rings. The summed E-state index contributed by atoms with van der Waals surface area (Å²) in [6.45, 7) is 0.374. The molecular weight excluding hydrogens is 183 g/mol. The summed E-state index contributed by atoms with van der Waals surface area (Å²) < 4.78 is 13.1. The third-order valence-corrected chi connectivity index (χ3v) is 2.40. The first-order valence-electron chi connectivity index (χ1n) is 4.80. The summed E-state index contributed by atoms with van der Waals surface area (Å²) >= 11 is 0. The van der Waals surface area contributed by atoms with Crippen molar-refractivity contribution in [3.05, 3.63) is 24.1 Å². The molecule has 1 aromatic heterocycles. The maximum Gasteiger partial charge on any atom is 0.165 e. The second kappa shape index (κ2) is 3.92. The molecule has 0 saturated heterocycles. The smallest absolute Gasteiger partial charge is 0.165 e. The Bertz CT molecular complexity index is 315. The summed E-state index contributed by atoms with van der Waals surface area (Å²) in [4.78, 5) is 3.83. The van der Waals surface area contributed by atoms with E-state index >= 15 is 0 Å². The Balaban J connectivity index is 1.87. The van der Waals surface area contributed by atoms with Crippen LogP contribution in [-0.4, -0.2) is 22.7 Å². The monoisotopic (exact) mass is 196 g/mol. The van der Waals surface area contributed by atoms with Crippen LogP contribution in [0.3, 0.4) is 0 Å². The van der Waals surface area contributed by atoms with Crippen molar-refractivity contribution in [2.45, 2.75) is 18.9 Å². The Labute approximate surface area is 82.0 Å². The first-order chi connectivity index (χ1) is 6.77. The van der Waals surface area contributed by atoms with E-state index in [9.17, 15) is 9.50 Å². The van der Waals surface area contributed by atoms with Gasteiger partial charge in [-0.15, -0.1) is 0 Å². The van der Waals surface area contributed by atoms with Crippen LogP contribution >= 0.6 is 0 Å². The lowest BCUT2D eigenvalue weighted by Gasteiger charge is -2.11. The Morgan fingerprint density at radius 1 is 1.64 bits per heavy atom. The van der Waals surface area contributed by atoms with Crippen molar-refractivity contribution in [1.82, 2.24) is 4.98 Å². The average Bonchev–Trinajstić information content (AvgIpc) is 2.99. The molecule has 0 spiro atoms. The van der Waals surface area contributed by atoms with Crippen LogP contribution in [0.25, 0.3) is 0 Å². The third kappa shape index (κ3) is 2.20. The van der Waals surface area contributed by atoms with E-state index in [2.05, 4.69) is 10.3 Å². The number of hydrogen-bond donors (Lipinski definition) is 2. The summed E-state index contributed by atoms with van der Waals surface area (Å²) in [5.74, 6) is 0.233. The molecule has 0 radical (unpaired) electrons. The van der Waals surface area contributed by atoms with Crippen LogP contribution < -0.4 is 5.32 Å². The quantitative estimate of drug-likeness (QED) is 0.765. The SMILES string of the molecule is OC(CNc1ncccc1F)C1CC1. The first kappa shape index (κ1) is 9.40. The van der Waals surface area contributed by atoms with Gasteiger partial charge in [0.25, 0.3) is 0 Å². The molecule has 1 aliphatic rings. The molecular formula is C10H13FN2O. The Kier molecular flexibility index (Phi) is 2.63. The number of aromatic nitrogens is 1. The molecule has 3 nitrogen and oxygen atoms in total. The van der Waals surface area contributed by atoms with Crippen LogP contribution in [0.1, 0.15) is 12.8 Å². The topological polar surface area (TPSA) is 45.1 Å². The van der Waals surface area contributed by atoms with Crippen LogP contribution in [0, 0.1) is 11.7 Å². The summed E-state index contributed by atoms with van der Waals surface area (Å²) in [6.07, 6.45) is 3.30. The Hall–Kier alpha value is -1.16. The van der Waals surface area contributed by atoms with Crippen molar-refractivity contribution in [3.63, 3.8) is 0 Å². The number of pyridine rings is 1. The summed E-state index contributed by atoms with van der Waals surface area (Å²) in [6, 6.07) is 2.89. The highest BCUT2D eigenvalue weighted by atomic mass is 19.1. The van der Waals surface area contributed by atoms with Gasteiger partial charge in [-0.05, 0) is 30.9 Å². The lowest BCUT2D eigenvalue weighted by molar-refractivity contribution is 0.164. The second-order valence-electron chi connectivity index (χ2n) is 3.62. The predicted octanol–water partition coefficient (Wildman–Crippen LogP) is 1.40. The van der Waals surface area contributed by atoms with Gasteiger partial charge < -0.3 is 10.4 Å². The molecule has 76 valence electrons. The molecule has 1 atom stereocenters. The van der Waals surface area contributed by atoms with Crippen molar-refractivity contribution >= 4 is 5.82 Å².